The monoisotopic (exact) mass is 439 g/mol. The second-order valence-electron chi connectivity index (χ2n) is 6.85. The Hall–Kier alpha value is -2.43. The van der Waals surface area contributed by atoms with Gasteiger partial charge >= 0.3 is 18.1 Å². The molecule has 3 amide bonds. The number of carbonyl (C=O) groups is 3. The summed E-state index contributed by atoms with van der Waals surface area (Å²) < 4.78 is 65.7. The Morgan fingerprint density at radius 1 is 1.14 bits per heavy atom. The first kappa shape index (κ1) is 21.3. The fourth-order valence-corrected chi connectivity index (χ4v) is 3.30. The van der Waals surface area contributed by atoms with Crippen molar-refractivity contribution in [3.63, 3.8) is 0 Å². The lowest BCUT2D eigenvalue weighted by Crippen LogP contribution is -2.51. The molecule has 1 atom stereocenters. The van der Waals surface area contributed by atoms with Crippen LogP contribution in [0, 0.1) is 17.6 Å². The highest BCUT2D eigenvalue weighted by Gasteiger charge is 2.52. The van der Waals surface area contributed by atoms with Gasteiger partial charge in [-0.05, 0) is 25.3 Å². The number of nitrogens with one attached hydrogen (secondary N) is 1. The molecule has 29 heavy (non-hydrogen) atoms. The van der Waals surface area contributed by atoms with Crippen LogP contribution in [0.3, 0.4) is 0 Å². The van der Waals surface area contributed by atoms with Crippen molar-refractivity contribution in [1.82, 2.24) is 9.80 Å². The van der Waals surface area contributed by atoms with Gasteiger partial charge in [0.1, 0.15) is 0 Å². The van der Waals surface area contributed by atoms with Crippen molar-refractivity contribution in [3.05, 3.63) is 28.8 Å². The molecule has 0 spiro atoms. The van der Waals surface area contributed by atoms with Crippen LogP contribution < -0.4 is 5.32 Å². The third-order valence-electron chi connectivity index (χ3n) is 4.68. The molecular formula is C17H15ClF5N3O3. The molecule has 0 bridgehead atoms. The van der Waals surface area contributed by atoms with Gasteiger partial charge in [-0.1, -0.05) is 11.6 Å². The average Bonchev–Trinajstić information content (AvgIpc) is 3.31. The van der Waals surface area contributed by atoms with Crippen LogP contribution in [0.1, 0.15) is 19.3 Å². The van der Waals surface area contributed by atoms with Gasteiger partial charge in [0.05, 0.1) is 10.9 Å². The van der Waals surface area contributed by atoms with Gasteiger partial charge in [0, 0.05) is 30.9 Å². The number of carbonyl (C=O) groups excluding carboxylic acids is 3. The minimum Gasteiger partial charge on any atom is -0.334 e. The maximum absolute atomic E-state index is 13.4. The van der Waals surface area contributed by atoms with Gasteiger partial charge in [0.15, 0.2) is 11.6 Å². The van der Waals surface area contributed by atoms with Crippen molar-refractivity contribution in [2.75, 3.05) is 18.4 Å². The first-order valence-corrected chi connectivity index (χ1v) is 9.01. The molecule has 12 heteroatoms. The molecule has 1 saturated heterocycles. The topological polar surface area (TPSA) is 69.7 Å². The van der Waals surface area contributed by atoms with Gasteiger partial charge in [0.2, 0.25) is 5.91 Å². The molecule has 1 saturated carbocycles. The summed E-state index contributed by atoms with van der Waals surface area (Å²) >= 11 is 5.51. The largest absolute Gasteiger partial charge is 0.487 e. The highest BCUT2D eigenvalue weighted by atomic mass is 35.5. The highest BCUT2D eigenvalue weighted by molar-refractivity contribution is 6.35. The number of likely N-dealkylation sites (tertiary alicyclic amines) is 1. The van der Waals surface area contributed by atoms with Crippen molar-refractivity contribution in [3.8, 4) is 0 Å². The summed E-state index contributed by atoms with van der Waals surface area (Å²) in [7, 11) is 0. The molecule has 1 unspecified atom stereocenters. The molecular weight excluding hydrogens is 425 g/mol. The molecule has 2 fully saturated rings. The van der Waals surface area contributed by atoms with Gasteiger partial charge in [0.25, 0.3) is 0 Å². The van der Waals surface area contributed by atoms with Gasteiger partial charge in [-0.2, -0.15) is 0 Å². The number of hydrogen-bond donors (Lipinski definition) is 1. The third kappa shape index (κ3) is 4.60. The third-order valence-corrected chi connectivity index (χ3v) is 4.96. The van der Waals surface area contributed by atoms with Crippen LogP contribution in [0.25, 0.3) is 0 Å². The molecule has 1 aromatic carbocycles. The summed E-state index contributed by atoms with van der Waals surface area (Å²) in [6, 6.07) is 0.680. The van der Waals surface area contributed by atoms with Crippen molar-refractivity contribution >= 4 is 35.0 Å². The Morgan fingerprint density at radius 3 is 2.34 bits per heavy atom. The van der Waals surface area contributed by atoms with Crippen molar-refractivity contribution in [2.45, 2.75) is 31.6 Å². The second-order valence-corrected chi connectivity index (χ2v) is 7.26. The summed E-state index contributed by atoms with van der Waals surface area (Å²) in [4.78, 5) is 37.1. The molecule has 1 heterocycles. The molecule has 158 valence electrons. The van der Waals surface area contributed by atoms with E-state index in [1.165, 1.54) is 0 Å². The molecule has 6 nitrogen and oxygen atoms in total. The fraction of sp³-hybridized carbons (Fsp3) is 0.471. The van der Waals surface area contributed by atoms with Crippen LogP contribution in [-0.4, -0.2) is 53.0 Å². The Bertz CT molecular complexity index is 836. The van der Waals surface area contributed by atoms with E-state index in [2.05, 4.69) is 5.32 Å². The van der Waals surface area contributed by atoms with Crippen LogP contribution in [0.2, 0.25) is 5.02 Å². The normalized spacial score (nSPS) is 19.2. The summed E-state index contributed by atoms with van der Waals surface area (Å²) in [5.74, 6) is -7.04. The number of alkyl halides is 3. The molecule has 1 aromatic rings. The number of anilines is 1. The van der Waals surface area contributed by atoms with E-state index >= 15 is 0 Å². The van der Waals surface area contributed by atoms with E-state index in [0.717, 1.165) is 17.0 Å². The van der Waals surface area contributed by atoms with E-state index in [-0.39, 0.29) is 42.9 Å². The number of halogens is 6. The van der Waals surface area contributed by atoms with E-state index in [9.17, 15) is 36.3 Å². The quantitative estimate of drug-likeness (QED) is 0.341. The van der Waals surface area contributed by atoms with Gasteiger partial charge in [-0.25, -0.2) is 13.7 Å². The van der Waals surface area contributed by atoms with E-state index in [0.29, 0.717) is 0 Å². The van der Waals surface area contributed by atoms with Gasteiger partial charge < -0.3 is 10.2 Å². The molecule has 1 aliphatic heterocycles. The van der Waals surface area contributed by atoms with Crippen LogP contribution in [0.15, 0.2) is 12.1 Å². The first-order chi connectivity index (χ1) is 13.5. The predicted molar refractivity (Wildman–Crippen MR) is 90.6 cm³/mol. The Kier molecular flexibility index (Phi) is 5.70. The Morgan fingerprint density at radius 2 is 1.79 bits per heavy atom. The zero-order chi connectivity index (χ0) is 21.5. The SMILES string of the molecule is O=C(Nc1cc(F)c(F)c(Cl)c1)C1CCN(C(=O)C(=O)N(C2CC2)C(F)(F)F)C1. The summed E-state index contributed by atoms with van der Waals surface area (Å²) in [5, 5.41) is 1.77. The molecule has 1 N–H and O–H groups in total. The standard InChI is InChI=1S/C17H15ClF5N3O3/c18-11-5-9(6-12(19)13(11)20)24-14(27)8-3-4-25(7-8)15(28)16(29)26(10-1-2-10)17(21,22)23/h5-6,8,10H,1-4,7H2,(H,24,27). The van der Waals surface area contributed by atoms with Crippen LogP contribution in [0.4, 0.5) is 27.6 Å². The lowest BCUT2D eigenvalue weighted by Gasteiger charge is -2.26. The van der Waals surface area contributed by atoms with Crippen LogP contribution in [0.5, 0.6) is 0 Å². The summed E-state index contributed by atoms with van der Waals surface area (Å²) in [6.07, 6.45) is -4.53. The molecule has 0 radical (unpaired) electrons. The number of benzene rings is 1. The maximum Gasteiger partial charge on any atom is 0.487 e. The molecule has 1 aliphatic carbocycles. The van der Waals surface area contributed by atoms with E-state index < -0.39 is 52.6 Å². The van der Waals surface area contributed by atoms with Crippen LogP contribution in [-0.2, 0) is 14.4 Å². The number of amides is 3. The number of rotatable bonds is 3. The van der Waals surface area contributed by atoms with E-state index in [1.807, 2.05) is 0 Å². The fourth-order valence-electron chi connectivity index (χ4n) is 3.09. The molecule has 3 rings (SSSR count). The van der Waals surface area contributed by atoms with E-state index in [4.69, 9.17) is 11.6 Å². The average molecular weight is 440 g/mol. The molecule has 2 aliphatic rings. The maximum atomic E-state index is 13.4. The minimum absolute atomic E-state index is 0.0858. The highest BCUT2D eigenvalue weighted by Crippen LogP contribution is 2.36. The van der Waals surface area contributed by atoms with Crippen molar-refractivity contribution in [2.24, 2.45) is 5.92 Å². The zero-order valence-electron chi connectivity index (χ0n) is 14.7. The Balaban J connectivity index is 1.62. The first-order valence-electron chi connectivity index (χ1n) is 8.63. The lowest BCUT2D eigenvalue weighted by molar-refractivity contribution is -0.243. The number of hydrogen-bond acceptors (Lipinski definition) is 3. The van der Waals surface area contributed by atoms with Crippen LogP contribution >= 0.6 is 11.6 Å². The smallest absolute Gasteiger partial charge is 0.334 e. The van der Waals surface area contributed by atoms with Crippen molar-refractivity contribution < 1.29 is 36.3 Å². The summed E-state index contributed by atoms with van der Waals surface area (Å²) in [6.45, 7) is -0.359. The second kappa shape index (κ2) is 7.77. The van der Waals surface area contributed by atoms with Crippen molar-refractivity contribution in [1.29, 1.82) is 0 Å². The zero-order valence-corrected chi connectivity index (χ0v) is 15.5. The molecule has 0 aromatic heterocycles. The Labute approximate surface area is 166 Å². The lowest BCUT2D eigenvalue weighted by atomic mass is 10.1. The van der Waals surface area contributed by atoms with E-state index in [1.54, 1.807) is 0 Å². The predicted octanol–water partition coefficient (Wildman–Crippen LogP) is 2.92. The summed E-state index contributed by atoms with van der Waals surface area (Å²) in [5.41, 5.74) is -0.114. The minimum atomic E-state index is -4.96. The number of nitrogens with zero attached hydrogens (tertiary/aromatic N) is 2. The van der Waals surface area contributed by atoms with Gasteiger partial charge in [-0.3, -0.25) is 14.4 Å². The van der Waals surface area contributed by atoms with Gasteiger partial charge in [-0.15, -0.1) is 13.2 Å².